The number of fused-ring (bicyclic) bond motifs is 3. The van der Waals surface area contributed by atoms with Crippen LogP contribution < -0.4 is 10.6 Å². The van der Waals surface area contributed by atoms with Crippen LogP contribution in [0, 0.1) is 5.92 Å². The minimum absolute atomic E-state index is 0.0374. The number of hydrogen-bond acceptors (Lipinski definition) is 4. The normalized spacial score (nSPS) is 14.1. The monoisotopic (exact) mass is 438 g/mol. The summed E-state index contributed by atoms with van der Waals surface area (Å²) in [5.41, 5.74) is 4.57. The number of alkyl carbamates (subject to hydrolysis) is 1. The zero-order valence-electron chi connectivity index (χ0n) is 18.5. The summed E-state index contributed by atoms with van der Waals surface area (Å²) in [6.45, 7) is 4.17. The van der Waals surface area contributed by atoms with E-state index in [9.17, 15) is 14.4 Å². The summed E-state index contributed by atoms with van der Waals surface area (Å²) < 4.78 is 5.47. The van der Waals surface area contributed by atoms with Gasteiger partial charge in [0.1, 0.15) is 12.6 Å². The molecule has 0 saturated carbocycles. The molecule has 7 nitrogen and oxygen atoms in total. The van der Waals surface area contributed by atoms with E-state index in [1.165, 1.54) is 0 Å². The quantitative estimate of drug-likeness (QED) is 0.521. The summed E-state index contributed by atoms with van der Waals surface area (Å²) in [7, 11) is 0. The van der Waals surface area contributed by atoms with Gasteiger partial charge in [0.2, 0.25) is 5.91 Å². The van der Waals surface area contributed by atoms with Crippen LogP contribution in [0.1, 0.15) is 50.2 Å². The summed E-state index contributed by atoms with van der Waals surface area (Å²) in [5.74, 6) is -0.966. The average molecular weight is 439 g/mol. The third-order valence-electron chi connectivity index (χ3n) is 5.86. The maximum absolute atomic E-state index is 12.3. The number of hydrogen-bond donors (Lipinski definition) is 3. The molecular weight excluding hydrogens is 408 g/mol. The lowest BCUT2D eigenvalue weighted by Gasteiger charge is -2.17. The molecule has 0 bridgehead atoms. The largest absolute Gasteiger partial charge is 0.481 e. The SMILES string of the molecule is CC(CCNC(=O)C(C)NC(=O)OCC1c2ccccc2-c2ccccc21)CCC(=O)O. The molecule has 2 atom stereocenters. The predicted molar refractivity (Wildman–Crippen MR) is 121 cm³/mol. The molecule has 0 heterocycles. The molecule has 0 spiro atoms. The number of rotatable bonds is 10. The first-order chi connectivity index (χ1) is 15.4. The van der Waals surface area contributed by atoms with E-state index in [-0.39, 0.29) is 30.8 Å². The topological polar surface area (TPSA) is 105 Å². The van der Waals surface area contributed by atoms with Crippen molar-refractivity contribution in [2.75, 3.05) is 13.2 Å². The van der Waals surface area contributed by atoms with Crippen LogP contribution in [-0.4, -0.2) is 42.3 Å². The lowest BCUT2D eigenvalue weighted by molar-refractivity contribution is -0.137. The van der Waals surface area contributed by atoms with Gasteiger partial charge in [-0.2, -0.15) is 0 Å². The Morgan fingerprint density at radius 1 is 0.969 bits per heavy atom. The van der Waals surface area contributed by atoms with E-state index >= 15 is 0 Å². The van der Waals surface area contributed by atoms with E-state index in [4.69, 9.17) is 9.84 Å². The highest BCUT2D eigenvalue weighted by Crippen LogP contribution is 2.44. The number of benzene rings is 2. The Bertz CT molecular complexity index is 929. The number of carboxylic acid groups (broad SMARTS) is 1. The third kappa shape index (κ3) is 5.87. The molecule has 1 aliphatic carbocycles. The average Bonchev–Trinajstić information content (AvgIpc) is 3.10. The summed E-state index contributed by atoms with van der Waals surface area (Å²) in [6.07, 6.45) is 0.731. The zero-order valence-corrected chi connectivity index (χ0v) is 18.5. The molecule has 3 rings (SSSR count). The molecule has 170 valence electrons. The maximum atomic E-state index is 12.3. The van der Waals surface area contributed by atoms with E-state index in [0.29, 0.717) is 19.4 Å². The summed E-state index contributed by atoms with van der Waals surface area (Å²) in [6, 6.07) is 15.5. The van der Waals surface area contributed by atoms with Gasteiger partial charge in [0.25, 0.3) is 0 Å². The van der Waals surface area contributed by atoms with Crippen LogP contribution in [0.3, 0.4) is 0 Å². The Morgan fingerprint density at radius 3 is 2.16 bits per heavy atom. The van der Waals surface area contributed by atoms with Crippen molar-refractivity contribution in [1.29, 1.82) is 0 Å². The number of ether oxygens (including phenoxy) is 1. The molecule has 2 amide bonds. The van der Waals surface area contributed by atoms with Gasteiger partial charge in [0, 0.05) is 18.9 Å². The third-order valence-corrected chi connectivity index (χ3v) is 5.86. The van der Waals surface area contributed by atoms with Crippen LogP contribution in [0.4, 0.5) is 4.79 Å². The van der Waals surface area contributed by atoms with Crippen molar-refractivity contribution < 1.29 is 24.2 Å². The van der Waals surface area contributed by atoms with Crippen LogP contribution in [0.5, 0.6) is 0 Å². The molecule has 2 unspecified atom stereocenters. The maximum Gasteiger partial charge on any atom is 0.407 e. The number of carbonyl (C=O) groups excluding carboxylic acids is 2. The second kappa shape index (κ2) is 10.8. The molecule has 0 fully saturated rings. The highest BCUT2D eigenvalue weighted by molar-refractivity contribution is 5.85. The van der Waals surface area contributed by atoms with Gasteiger partial charge in [-0.15, -0.1) is 0 Å². The Labute approximate surface area is 188 Å². The van der Waals surface area contributed by atoms with Crippen molar-refractivity contribution in [2.24, 2.45) is 5.92 Å². The van der Waals surface area contributed by atoms with E-state index in [1.54, 1.807) is 6.92 Å². The lowest BCUT2D eigenvalue weighted by atomic mass is 9.98. The molecular formula is C25H30N2O5. The van der Waals surface area contributed by atoms with Crippen molar-refractivity contribution >= 4 is 18.0 Å². The van der Waals surface area contributed by atoms with E-state index in [2.05, 4.69) is 34.9 Å². The van der Waals surface area contributed by atoms with Crippen molar-refractivity contribution in [3.63, 3.8) is 0 Å². The molecule has 7 heteroatoms. The standard InChI is InChI=1S/C25H30N2O5/c1-16(11-12-23(28)29)13-14-26-24(30)17(2)27-25(31)32-15-22-20-9-5-3-7-18(20)19-8-4-6-10-21(19)22/h3-10,16-17,22H,11-15H2,1-2H3,(H,26,30)(H,27,31)(H,28,29). The van der Waals surface area contributed by atoms with Gasteiger partial charge in [0.05, 0.1) is 0 Å². The van der Waals surface area contributed by atoms with Gasteiger partial charge in [-0.05, 0) is 47.9 Å². The fourth-order valence-corrected chi connectivity index (χ4v) is 3.99. The van der Waals surface area contributed by atoms with E-state index in [1.807, 2.05) is 31.2 Å². The minimum atomic E-state index is -0.818. The molecule has 0 aromatic heterocycles. The van der Waals surface area contributed by atoms with Gasteiger partial charge in [0.15, 0.2) is 0 Å². The first-order valence-corrected chi connectivity index (χ1v) is 11.0. The van der Waals surface area contributed by atoms with Gasteiger partial charge in [-0.3, -0.25) is 9.59 Å². The minimum Gasteiger partial charge on any atom is -0.481 e. The van der Waals surface area contributed by atoms with Gasteiger partial charge >= 0.3 is 12.1 Å². The van der Waals surface area contributed by atoms with Crippen LogP contribution >= 0.6 is 0 Å². The zero-order chi connectivity index (χ0) is 23.1. The molecule has 1 aliphatic rings. The molecule has 0 aliphatic heterocycles. The van der Waals surface area contributed by atoms with Crippen LogP contribution in [0.25, 0.3) is 11.1 Å². The summed E-state index contributed by atoms with van der Waals surface area (Å²) >= 11 is 0. The van der Waals surface area contributed by atoms with Gasteiger partial charge in [-0.25, -0.2) is 4.79 Å². The molecule has 2 aromatic carbocycles. The van der Waals surface area contributed by atoms with Gasteiger partial charge < -0.3 is 20.5 Å². The Morgan fingerprint density at radius 2 is 1.56 bits per heavy atom. The summed E-state index contributed by atoms with van der Waals surface area (Å²) in [4.78, 5) is 35.2. The molecule has 0 saturated heterocycles. The molecule has 3 N–H and O–H groups in total. The van der Waals surface area contributed by atoms with Crippen molar-refractivity contribution in [3.8, 4) is 11.1 Å². The molecule has 0 radical (unpaired) electrons. The fraction of sp³-hybridized carbons (Fsp3) is 0.400. The molecule has 2 aromatic rings. The van der Waals surface area contributed by atoms with Crippen molar-refractivity contribution in [3.05, 3.63) is 59.7 Å². The van der Waals surface area contributed by atoms with E-state index in [0.717, 1.165) is 22.3 Å². The van der Waals surface area contributed by atoms with Crippen LogP contribution in [0.15, 0.2) is 48.5 Å². The number of carboxylic acids is 1. The van der Waals surface area contributed by atoms with Crippen LogP contribution in [-0.2, 0) is 14.3 Å². The second-order valence-electron chi connectivity index (χ2n) is 8.31. The van der Waals surface area contributed by atoms with Gasteiger partial charge in [-0.1, -0.05) is 55.5 Å². The van der Waals surface area contributed by atoms with Crippen molar-refractivity contribution in [1.82, 2.24) is 10.6 Å². The van der Waals surface area contributed by atoms with Crippen LogP contribution in [0.2, 0.25) is 0 Å². The number of carbonyl (C=O) groups is 3. The first-order valence-electron chi connectivity index (χ1n) is 11.0. The smallest absolute Gasteiger partial charge is 0.407 e. The Balaban J connectivity index is 1.45. The highest BCUT2D eigenvalue weighted by atomic mass is 16.5. The lowest BCUT2D eigenvalue weighted by Crippen LogP contribution is -2.45. The number of amides is 2. The fourth-order valence-electron chi connectivity index (χ4n) is 3.99. The second-order valence-corrected chi connectivity index (χ2v) is 8.31. The van der Waals surface area contributed by atoms with E-state index < -0.39 is 18.1 Å². The molecule has 32 heavy (non-hydrogen) atoms. The number of aliphatic carboxylic acids is 1. The predicted octanol–water partition coefficient (Wildman–Crippen LogP) is 3.92. The first kappa shape index (κ1) is 23.3. The summed E-state index contributed by atoms with van der Waals surface area (Å²) in [5, 5.41) is 14.1. The van der Waals surface area contributed by atoms with Crippen molar-refractivity contribution in [2.45, 2.75) is 45.1 Å². The Hall–Kier alpha value is -3.35. The highest BCUT2D eigenvalue weighted by Gasteiger charge is 2.29. The number of nitrogens with one attached hydrogen (secondary N) is 2. The Kier molecular flexibility index (Phi) is 7.87.